The quantitative estimate of drug-likeness (QED) is 0.106. The van der Waals surface area contributed by atoms with Crippen LogP contribution in [0.3, 0.4) is 0 Å². The number of nitrogens with zero attached hydrogens (tertiary/aromatic N) is 2. The molecular formula is C47H46Cl2N4O4. The molecule has 8 rings (SSSR count). The summed E-state index contributed by atoms with van der Waals surface area (Å²) in [6.07, 6.45) is 0.828. The van der Waals surface area contributed by atoms with Gasteiger partial charge in [0, 0.05) is 85.5 Å². The molecule has 0 bridgehead atoms. The third-order valence-electron chi connectivity index (χ3n) is 11.3. The normalized spacial score (nSPS) is 15.9. The van der Waals surface area contributed by atoms with Gasteiger partial charge in [0.15, 0.2) is 0 Å². The number of carbonyl (C=O) groups is 2. The van der Waals surface area contributed by atoms with Crippen LogP contribution in [0.4, 0.5) is 11.4 Å². The number of alkyl halides is 2. The SMILES string of the molecule is NCc1ccc(COc2cc3c(c4ccccc24)[C@H](CCl)CN3C(=O)CCCC(=O)N2C[C@@H](CCl)c3c2cc(OCc2ccc(CN)cc2)c2ccccc32)cc1. The van der Waals surface area contributed by atoms with E-state index in [0.29, 0.717) is 69.1 Å². The molecule has 2 aliphatic rings. The van der Waals surface area contributed by atoms with Crippen LogP contribution in [0, 0.1) is 0 Å². The van der Waals surface area contributed by atoms with Crippen molar-refractivity contribution in [3.8, 4) is 11.5 Å². The highest BCUT2D eigenvalue weighted by molar-refractivity contribution is 6.19. The third-order valence-corrected chi connectivity index (χ3v) is 12.1. The van der Waals surface area contributed by atoms with Crippen LogP contribution in [0.2, 0.25) is 0 Å². The summed E-state index contributed by atoms with van der Waals surface area (Å²) in [6.45, 7) is 2.67. The fourth-order valence-corrected chi connectivity index (χ4v) is 8.82. The second-order valence-electron chi connectivity index (χ2n) is 14.9. The van der Waals surface area contributed by atoms with Crippen LogP contribution >= 0.6 is 23.2 Å². The first-order valence-electron chi connectivity index (χ1n) is 19.6. The van der Waals surface area contributed by atoms with E-state index in [-0.39, 0.29) is 36.5 Å². The van der Waals surface area contributed by atoms with Gasteiger partial charge in [0.1, 0.15) is 24.7 Å². The molecule has 0 fully saturated rings. The van der Waals surface area contributed by atoms with E-state index in [1.54, 1.807) is 0 Å². The van der Waals surface area contributed by atoms with Crippen molar-refractivity contribution in [2.24, 2.45) is 11.5 Å². The van der Waals surface area contributed by atoms with E-state index in [9.17, 15) is 9.59 Å². The summed E-state index contributed by atoms with van der Waals surface area (Å²) >= 11 is 13.1. The molecule has 0 unspecified atom stereocenters. The van der Waals surface area contributed by atoms with Crippen LogP contribution in [-0.4, -0.2) is 36.7 Å². The number of halogens is 2. The lowest BCUT2D eigenvalue weighted by Gasteiger charge is -2.21. The van der Waals surface area contributed by atoms with Gasteiger partial charge in [0.25, 0.3) is 0 Å². The van der Waals surface area contributed by atoms with Crippen LogP contribution < -0.4 is 30.7 Å². The van der Waals surface area contributed by atoms with Crippen molar-refractivity contribution in [3.63, 3.8) is 0 Å². The molecule has 6 aromatic carbocycles. The fourth-order valence-electron chi connectivity index (χ4n) is 8.31. The van der Waals surface area contributed by atoms with E-state index in [2.05, 4.69) is 12.1 Å². The van der Waals surface area contributed by atoms with Crippen LogP contribution in [0.5, 0.6) is 11.5 Å². The number of nitrogens with two attached hydrogens (primary N) is 2. The maximum absolute atomic E-state index is 14.0. The Balaban J connectivity index is 0.990. The van der Waals surface area contributed by atoms with Crippen LogP contribution in [0.15, 0.2) is 109 Å². The molecule has 0 radical (unpaired) electrons. The molecule has 0 aliphatic carbocycles. The number of fused-ring (bicyclic) bond motifs is 6. The van der Waals surface area contributed by atoms with Gasteiger partial charge in [-0.3, -0.25) is 9.59 Å². The monoisotopic (exact) mass is 800 g/mol. The van der Waals surface area contributed by atoms with E-state index in [4.69, 9.17) is 44.1 Å². The van der Waals surface area contributed by atoms with Gasteiger partial charge in [-0.25, -0.2) is 0 Å². The summed E-state index contributed by atoms with van der Waals surface area (Å²) < 4.78 is 12.8. The summed E-state index contributed by atoms with van der Waals surface area (Å²) in [5.74, 6) is 2.03. The number of hydrogen-bond acceptors (Lipinski definition) is 6. The lowest BCUT2D eigenvalue weighted by Crippen LogP contribution is -2.32. The van der Waals surface area contributed by atoms with Crippen LogP contribution in [0.25, 0.3) is 21.5 Å². The molecule has 10 heteroatoms. The summed E-state index contributed by atoms with van der Waals surface area (Å²) in [7, 11) is 0. The number of ether oxygens (including phenoxy) is 2. The van der Waals surface area contributed by atoms with Crippen LogP contribution in [-0.2, 0) is 35.9 Å². The molecule has 2 atom stereocenters. The molecule has 4 N–H and O–H groups in total. The van der Waals surface area contributed by atoms with Gasteiger partial charge in [-0.15, -0.1) is 23.2 Å². The van der Waals surface area contributed by atoms with E-state index in [1.807, 2.05) is 107 Å². The average Bonchev–Trinajstić information content (AvgIpc) is 3.84. The topological polar surface area (TPSA) is 111 Å². The summed E-state index contributed by atoms with van der Waals surface area (Å²) in [6, 6.07) is 36.3. The minimum atomic E-state index is -0.0445. The van der Waals surface area contributed by atoms with Gasteiger partial charge in [0.2, 0.25) is 11.8 Å². The minimum Gasteiger partial charge on any atom is -0.488 e. The number of amides is 2. The summed E-state index contributed by atoms with van der Waals surface area (Å²) in [5, 5.41) is 4.02. The Morgan fingerprint density at radius 1 is 0.561 bits per heavy atom. The average molecular weight is 802 g/mol. The molecule has 292 valence electrons. The van der Waals surface area contributed by atoms with Crippen molar-refractivity contribution in [1.82, 2.24) is 0 Å². The molecule has 2 amide bonds. The van der Waals surface area contributed by atoms with Crippen molar-refractivity contribution in [1.29, 1.82) is 0 Å². The van der Waals surface area contributed by atoms with E-state index < -0.39 is 0 Å². The minimum absolute atomic E-state index is 0.0277. The Kier molecular flexibility index (Phi) is 11.7. The van der Waals surface area contributed by atoms with Crippen LogP contribution in [0.1, 0.15) is 64.5 Å². The Morgan fingerprint density at radius 2 is 0.930 bits per heavy atom. The number of hydrogen-bond donors (Lipinski definition) is 2. The maximum atomic E-state index is 14.0. The number of benzene rings is 6. The zero-order valence-electron chi connectivity index (χ0n) is 31.8. The molecule has 2 aliphatic heterocycles. The molecule has 0 spiro atoms. The summed E-state index contributed by atoms with van der Waals surface area (Å²) in [4.78, 5) is 31.7. The predicted octanol–water partition coefficient (Wildman–Crippen LogP) is 9.28. The van der Waals surface area contributed by atoms with E-state index >= 15 is 0 Å². The Morgan fingerprint density at radius 3 is 1.30 bits per heavy atom. The van der Waals surface area contributed by atoms with Crippen molar-refractivity contribution in [2.45, 2.75) is 57.4 Å². The molecular weight excluding hydrogens is 755 g/mol. The highest BCUT2D eigenvalue weighted by Gasteiger charge is 2.36. The van der Waals surface area contributed by atoms with Crippen molar-refractivity contribution >= 4 is 67.9 Å². The number of anilines is 2. The molecule has 8 nitrogen and oxygen atoms in total. The number of carbonyl (C=O) groups excluding carboxylic acids is 2. The smallest absolute Gasteiger partial charge is 0.227 e. The Bertz CT molecular complexity index is 2250. The van der Waals surface area contributed by atoms with Gasteiger partial charge in [-0.05, 0) is 50.6 Å². The van der Waals surface area contributed by atoms with Crippen molar-refractivity contribution < 1.29 is 19.1 Å². The second-order valence-corrected chi connectivity index (χ2v) is 15.5. The standard InChI is InChI=1S/C47H46Cl2N4O4/c48-22-34-26-52(40-20-42(36-6-1-3-8-38(36)46(34)40)56-28-32-16-12-30(24-50)13-17-32)44(54)10-5-11-45(55)53-27-35(23-49)47-39-9-4-2-7-37(39)43(21-41(47)53)57-29-33-18-14-31(25-51)15-19-33/h1-4,6-9,12-21,34-35H,5,10-11,22-29,50-51H2/t34-,35-/m1/s1. The molecule has 0 aromatic heterocycles. The molecule has 0 saturated carbocycles. The highest BCUT2D eigenvalue weighted by Crippen LogP contribution is 2.47. The molecule has 0 saturated heterocycles. The lowest BCUT2D eigenvalue weighted by molar-refractivity contribution is -0.119. The zero-order chi connectivity index (χ0) is 39.5. The first-order chi connectivity index (χ1) is 27.9. The van der Waals surface area contributed by atoms with Crippen molar-refractivity contribution in [2.75, 3.05) is 34.6 Å². The number of rotatable bonds is 14. The lowest BCUT2D eigenvalue weighted by atomic mass is 9.95. The van der Waals surface area contributed by atoms with E-state index in [0.717, 1.165) is 66.3 Å². The zero-order valence-corrected chi connectivity index (χ0v) is 33.3. The Hall–Kier alpha value is -5.12. The first kappa shape index (κ1) is 38.7. The fraction of sp³-hybridized carbons (Fsp3) is 0.277. The second kappa shape index (κ2) is 17.2. The summed E-state index contributed by atoms with van der Waals surface area (Å²) in [5.41, 5.74) is 19.5. The van der Waals surface area contributed by atoms with Gasteiger partial charge < -0.3 is 30.7 Å². The highest BCUT2D eigenvalue weighted by atomic mass is 35.5. The molecule has 6 aromatic rings. The molecule has 57 heavy (non-hydrogen) atoms. The van der Waals surface area contributed by atoms with Crippen molar-refractivity contribution in [3.05, 3.63) is 143 Å². The third kappa shape index (κ3) is 7.80. The predicted molar refractivity (Wildman–Crippen MR) is 231 cm³/mol. The van der Waals surface area contributed by atoms with Gasteiger partial charge in [-0.2, -0.15) is 0 Å². The first-order valence-corrected chi connectivity index (χ1v) is 20.6. The maximum Gasteiger partial charge on any atom is 0.227 e. The molecule has 2 heterocycles. The largest absolute Gasteiger partial charge is 0.488 e. The van der Waals surface area contributed by atoms with Gasteiger partial charge in [-0.1, -0.05) is 97.1 Å². The van der Waals surface area contributed by atoms with E-state index in [1.165, 1.54) is 0 Å². The van der Waals surface area contributed by atoms with Gasteiger partial charge in [0.05, 0.1) is 11.4 Å². The van der Waals surface area contributed by atoms with Gasteiger partial charge >= 0.3 is 0 Å². The Labute approximate surface area is 343 Å².